The Hall–Kier alpha value is -4.46. The van der Waals surface area contributed by atoms with E-state index in [9.17, 15) is 14.9 Å². The maximum Gasteiger partial charge on any atom is 0.271 e. The Morgan fingerprint density at radius 1 is 1.26 bits per heavy atom. The summed E-state index contributed by atoms with van der Waals surface area (Å²) in [5.74, 6) is -0.338. The molecule has 2 heterocycles. The molecular weight excluding hydrogens is 400 g/mol. The Labute approximate surface area is 176 Å². The number of aromatic amines is 1. The number of nitriles is 1. The molecule has 11 nitrogen and oxygen atoms in total. The standard InChI is InChI=1S/C20H18N8O3/c1-31-18-11(12-9-23-26-15(12)8-21)3-2-4-13(18)24-14-7-16(25-20(30)10-5-6-10)27-28-17(14)19(22)29/h2-4,7,9-10H,5-6H2,1H3,(H2,22,29)(H,23,26)(H2,24,25,27,30). The van der Waals surface area contributed by atoms with Crippen molar-refractivity contribution in [2.24, 2.45) is 11.7 Å². The maximum absolute atomic E-state index is 12.1. The molecule has 0 saturated heterocycles. The van der Waals surface area contributed by atoms with Gasteiger partial charge in [-0.3, -0.25) is 14.7 Å². The number of hydrogen-bond acceptors (Lipinski definition) is 8. The van der Waals surface area contributed by atoms with Crippen molar-refractivity contribution in [3.63, 3.8) is 0 Å². The van der Waals surface area contributed by atoms with Crippen LogP contribution in [0.3, 0.4) is 0 Å². The molecule has 1 fully saturated rings. The van der Waals surface area contributed by atoms with Gasteiger partial charge in [-0.2, -0.15) is 10.4 Å². The van der Waals surface area contributed by atoms with Gasteiger partial charge >= 0.3 is 0 Å². The molecule has 0 bridgehead atoms. The van der Waals surface area contributed by atoms with E-state index in [0.29, 0.717) is 22.6 Å². The van der Waals surface area contributed by atoms with Gasteiger partial charge in [-0.1, -0.05) is 12.1 Å². The molecule has 0 aliphatic heterocycles. The molecule has 156 valence electrons. The van der Waals surface area contributed by atoms with Gasteiger partial charge in [0.15, 0.2) is 17.2 Å². The summed E-state index contributed by atoms with van der Waals surface area (Å²) in [4.78, 5) is 23.9. The van der Waals surface area contributed by atoms with Crippen molar-refractivity contribution in [2.45, 2.75) is 12.8 Å². The highest BCUT2D eigenvalue weighted by Crippen LogP contribution is 2.39. The predicted octanol–water partition coefficient (Wildman–Crippen LogP) is 1.94. The van der Waals surface area contributed by atoms with Crippen molar-refractivity contribution in [1.82, 2.24) is 20.4 Å². The molecule has 0 spiro atoms. The Bertz CT molecular complexity index is 1210. The average Bonchev–Trinajstić information content (AvgIpc) is 3.51. The third kappa shape index (κ3) is 3.99. The van der Waals surface area contributed by atoms with Gasteiger partial charge in [0.25, 0.3) is 5.91 Å². The van der Waals surface area contributed by atoms with Crippen molar-refractivity contribution in [1.29, 1.82) is 5.26 Å². The van der Waals surface area contributed by atoms with E-state index in [1.54, 1.807) is 24.4 Å². The van der Waals surface area contributed by atoms with E-state index in [-0.39, 0.29) is 34.7 Å². The second kappa shape index (κ2) is 8.11. The zero-order valence-electron chi connectivity index (χ0n) is 16.5. The molecule has 2 aromatic heterocycles. The number of aromatic nitrogens is 4. The lowest BCUT2D eigenvalue weighted by Crippen LogP contribution is -2.19. The van der Waals surface area contributed by atoms with E-state index < -0.39 is 5.91 Å². The van der Waals surface area contributed by atoms with Gasteiger partial charge in [-0.15, -0.1) is 10.2 Å². The van der Waals surface area contributed by atoms with E-state index >= 15 is 0 Å². The molecule has 1 aromatic carbocycles. The van der Waals surface area contributed by atoms with Crippen LogP contribution in [0.4, 0.5) is 17.2 Å². The number of anilines is 3. The minimum atomic E-state index is -0.785. The van der Waals surface area contributed by atoms with Gasteiger partial charge in [0.1, 0.15) is 11.8 Å². The van der Waals surface area contributed by atoms with Crippen molar-refractivity contribution in [3.05, 3.63) is 41.9 Å². The average molecular weight is 418 g/mol. The summed E-state index contributed by atoms with van der Waals surface area (Å²) in [7, 11) is 1.48. The van der Waals surface area contributed by atoms with E-state index in [1.807, 2.05) is 6.07 Å². The first-order valence-electron chi connectivity index (χ1n) is 9.38. The van der Waals surface area contributed by atoms with Crippen LogP contribution in [0, 0.1) is 17.2 Å². The Balaban J connectivity index is 1.72. The molecule has 1 aliphatic rings. The highest BCUT2D eigenvalue weighted by molar-refractivity contribution is 5.99. The molecule has 0 atom stereocenters. The number of amides is 2. The second-order valence-corrected chi connectivity index (χ2v) is 6.89. The van der Waals surface area contributed by atoms with E-state index in [0.717, 1.165) is 12.8 Å². The predicted molar refractivity (Wildman–Crippen MR) is 110 cm³/mol. The Kier molecular flexibility index (Phi) is 5.19. The number of ether oxygens (including phenoxy) is 1. The summed E-state index contributed by atoms with van der Waals surface area (Å²) in [6.07, 6.45) is 3.27. The number of benzene rings is 1. The van der Waals surface area contributed by atoms with Crippen LogP contribution in [0.5, 0.6) is 5.75 Å². The highest BCUT2D eigenvalue weighted by Gasteiger charge is 2.30. The number of hydrogen-bond donors (Lipinski definition) is 4. The van der Waals surface area contributed by atoms with Crippen molar-refractivity contribution >= 4 is 29.0 Å². The topological polar surface area (TPSA) is 172 Å². The van der Waals surface area contributed by atoms with Crippen LogP contribution >= 0.6 is 0 Å². The van der Waals surface area contributed by atoms with Gasteiger partial charge < -0.3 is 21.1 Å². The van der Waals surface area contributed by atoms with Gasteiger partial charge in [0.05, 0.1) is 18.5 Å². The molecule has 1 aliphatic carbocycles. The zero-order valence-corrected chi connectivity index (χ0v) is 16.5. The number of nitrogens with one attached hydrogen (secondary N) is 3. The quantitative estimate of drug-likeness (QED) is 0.450. The largest absolute Gasteiger partial charge is 0.494 e. The number of rotatable bonds is 7. The first-order chi connectivity index (χ1) is 15.0. The molecular formula is C20H18N8O3. The molecule has 2 amide bonds. The second-order valence-electron chi connectivity index (χ2n) is 6.89. The van der Waals surface area contributed by atoms with Crippen LogP contribution in [0.1, 0.15) is 29.0 Å². The van der Waals surface area contributed by atoms with Crippen LogP contribution in [0.2, 0.25) is 0 Å². The lowest BCUT2D eigenvalue weighted by atomic mass is 10.0. The van der Waals surface area contributed by atoms with Crippen LogP contribution in [-0.2, 0) is 4.79 Å². The molecule has 0 radical (unpaired) electrons. The van der Waals surface area contributed by atoms with E-state index in [1.165, 1.54) is 13.2 Å². The lowest BCUT2D eigenvalue weighted by molar-refractivity contribution is -0.117. The van der Waals surface area contributed by atoms with Gasteiger partial charge in [-0.25, -0.2) is 0 Å². The third-order valence-corrected chi connectivity index (χ3v) is 4.75. The molecule has 4 rings (SSSR count). The summed E-state index contributed by atoms with van der Waals surface area (Å²) in [5, 5.41) is 29.4. The fourth-order valence-corrected chi connectivity index (χ4v) is 3.10. The summed E-state index contributed by atoms with van der Waals surface area (Å²) in [5.41, 5.74) is 7.46. The SMILES string of the molecule is COc1c(Nc2cc(NC(=O)C3CC3)nnc2C(N)=O)cccc1-c1c[nH]nc1C#N. The minimum absolute atomic E-state index is 0.0184. The molecule has 11 heteroatoms. The number of carbonyl (C=O) groups is 2. The zero-order chi connectivity index (χ0) is 22.0. The number of nitrogens with two attached hydrogens (primary N) is 1. The van der Waals surface area contributed by atoms with Gasteiger partial charge in [0, 0.05) is 29.3 Å². The highest BCUT2D eigenvalue weighted by atomic mass is 16.5. The van der Waals surface area contributed by atoms with Gasteiger partial charge in [-0.05, 0) is 18.9 Å². The van der Waals surface area contributed by atoms with Gasteiger partial charge in [0.2, 0.25) is 5.91 Å². The molecule has 5 N–H and O–H groups in total. The Morgan fingerprint density at radius 3 is 2.74 bits per heavy atom. The molecule has 0 unspecified atom stereocenters. The van der Waals surface area contributed by atoms with Crippen LogP contribution in [0.25, 0.3) is 11.1 Å². The molecule has 31 heavy (non-hydrogen) atoms. The van der Waals surface area contributed by atoms with E-state index in [4.69, 9.17) is 10.5 Å². The first kappa shape index (κ1) is 19.8. The van der Waals surface area contributed by atoms with Crippen molar-refractivity contribution in [3.8, 4) is 22.9 Å². The number of H-pyrrole nitrogens is 1. The maximum atomic E-state index is 12.1. The number of methoxy groups -OCH3 is 1. The van der Waals surface area contributed by atoms with Crippen LogP contribution in [-0.4, -0.2) is 39.3 Å². The number of nitrogens with zero attached hydrogens (tertiary/aromatic N) is 4. The summed E-state index contributed by atoms with van der Waals surface area (Å²) in [6, 6.07) is 8.76. The summed E-state index contributed by atoms with van der Waals surface area (Å²) < 4.78 is 5.57. The number of carbonyl (C=O) groups excluding carboxylic acids is 2. The minimum Gasteiger partial charge on any atom is -0.494 e. The summed E-state index contributed by atoms with van der Waals surface area (Å²) in [6.45, 7) is 0. The van der Waals surface area contributed by atoms with Crippen molar-refractivity contribution in [2.75, 3.05) is 17.7 Å². The third-order valence-electron chi connectivity index (χ3n) is 4.75. The fraction of sp³-hybridized carbons (Fsp3) is 0.200. The number of primary amides is 1. The summed E-state index contributed by atoms with van der Waals surface area (Å²) >= 11 is 0. The molecule has 3 aromatic rings. The van der Waals surface area contributed by atoms with E-state index in [2.05, 4.69) is 31.0 Å². The number of para-hydroxylation sites is 1. The monoisotopic (exact) mass is 418 g/mol. The Morgan fingerprint density at radius 2 is 2.06 bits per heavy atom. The van der Waals surface area contributed by atoms with Crippen LogP contribution < -0.4 is 21.1 Å². The molecule has 1 saturated carbocycles. The first-order valence-corrected chi connectivity index (χ1v) is 9.38. The normalized spacial score (nSPS) is 12.6. The lowest BCUT2D eigenvalue weighted by Gasteiger charge is -2.16. The smallest absolute Gasteiger partial charge is 0.271 e. The van der Waals surface area contributed by atoms with Crippen molar-refractivity contribution < 1.29 is 14.3 Å². The fourth-order valence-electron chi connectivity index (χ4n) is 3.10. The van der Waals surface area contributed by atoms with Crippen LogP contribution in [0.15, 0.2) is 30.5 Å².